The normalized spacial score (nSPS) is 13.8. The van der Waals surface area contributed by atoms with Gasteiger partial charge in [0.15, 0.2) is 0 Å². The SMILES string of the molecule is COc1cccc(C(C)N[C@H](C)c2ccccc2F)c1. The van der Waals surface area contributed by atoms with Gasteiger partial charge in [0.1, 0.15) is 11.6 Å². The van der Waals surface area contributed by atoms with E-state index in [1.54, 1.807) is 13.2 Å². The lowest BCUT2D eigenvalue weighted by Gasteiger charge is -2.21. The van der Waals surface area contributed by atoms with Gasteiger partial charge in [-0.2, -0.15) is 0 Å². The van der Waals surface area contributed by atoms with Gasteiger partial charge < -0.3 is 10.1 Å². The molecule has 0 spiro atoms. The van der Waals surface area contributed by atoms with Crippen molar-refractivity contribution in [1.82, 2.24) is 5.32 Å². The van der Waals surface area contributed by atoms with Crippen molar-refractivity contribution < 1.29 is 9.13 Å². The molecule has 0 bridgehead atoms. The highest BCUT2D eigenvalue weighted by Gasteiger charge is 2.14. The van der Waals surface area contributed by atoms with Gasteiger partial charge in [-0.15, -0.1) is 0 Å². The van der Waals surface area contributed by atoms with E-state index >= 15 is 0 Å². The van der Waals surface area contributed by atoms with E-state index in [1.165, 1.54) is 6.07 Å². The Kier molecular flexibility index (Phi) is 4.74. The number of hydrogen-bond acceptors (Lipinski definition) is 2. The van der Waals surface area contributed by atoms with E-state index in [1.807, 2.05) is 43.3 Å². The lowest BCUT2D eigenvalue weighted by atomic mass is 10.0. The van der Waals surface area contributed by atoms with Crippen LogP contribution in [0, 0.1) is 5.82 Å². The molecular weight excluding hydrogens is 253 g/mol. The summed E-state index contributed by atoms with van der Waals surface area (Å²) in [5, 5.41) is 3.41. The summed E-state index contributed by atoms with van der Waals surface area (Å²) < 4.78 is 19.0. The fourth-order valence-electron chi connectivity index (χ4n) is 2.30. The highest BCUT2D eigenvalue weighted by atomic mass is 19.1. The van der Waals surface area contributed by atoms with E-state index in [9.17, 15) is 4.39 Å². The van der Waals surface area contributed by atoms with Crippen LogP contribution in [0.5, 0.6) is 5.75 Å². The van der Waals surface area contributed by atoms with Crippen molar-refractivity contribution >= 4 is 0 Å². The molecule has 0 aliphatic carbocycles. The van der Waals surface area contributed by atoms with Crippen molar-refractivity contribution in [3.63, 3.8) is 0 Å². The molecule has 2 atom stereocenters. The van der Waals surface area contributed by atoms with Crippen LogP contribution in [-0.2, 0) is 0 Å². The Hall–Kier alpha value is -1.87. The quantitative estimate of drug-likeness (QED) is 0.879. The Balaban J connectivity index is 2.11. The molecule has 0 aliphatic heterocycles. The van der Waals surface area contributed by atoms with Gasteiger partial charge in [-0.25, -0.2) is 4.39 Å². The van der Waals surface area contributed by atoms with Gasteiger partial charge in [0, 0.05) is 17.6 Å². The van der Waals surface area contributed by atoms with Crippen LogP contribution >= 0.6 is 0 Å². The molecule has 3 heteroatoms. The molecule has 1 N–H and O–H groups in total. The fraction of sp³-hybridized carbons (Fsp3) is 0.294. The second-order valence-electron chi connectivity index (χ2n) is 4.91. The van der Waals surface area contributed by atoms with Crippen LogP contribution in [0.2, 0.25) is 0 Å². The first-order valence-electron chi connectivity index (χ1n) is 6.76. The van der Waals surface area contributed by atoms with Crippen molar-refractivity contribution in [2.24, 2.45) is 0 Å². The van der Waals surface area contributed by atoms with Crippen molar-refractivity contribution in [3.8, 4) is 5.75 Å². The van der Waals surface area contributed by atoms with Crippen molar-refractivity contribution in [2.45, 2.75) is 25.9 Å². The highest BCUT2D eigenvalue weighted by Crippen LogP contribution is 2.23. The predicted octanol–water partition coefficient (Wildman–Crippen LogP) is 4.25. The van der Waals surface area contributed by atoms with Gasteiger partial charge in [0.2, 0.25) is 0 Å². The molecule has 0 aliphatic rings. The Morgan fingerprint density at radius 1 is 1.00 bits per heavy atom. The Labute approximate surface area is 119 Å². The average Bonchev–Trinajstić information content (AvgIpc) is 2.47. The second-order valence-corrected chi connectivity index (χ2v) is 4.91. The molecule has 0 amide bonds. The number of benzene rings is 2. The minimum atomic E-state index is -0.176. The first kappa shape index (κ1) is 14.5. The Bertz CT molecular complexity index is 570. The standard InChI is InChI=1S/C17H20FNO/c1-12(14-7-6-8-15(11-14)20-3)19-13(2)16-9-4-5-10-17(16)18/h4-13,19H,1-3H3/t12?,13-/m1/s1. The number of nitrogens with one attached hydrogen (secondary N) is 1. The van der Waals surface area contributed by atoms with Crippen LogP contribution in [0.25, 0.3) is 0 Å². The van der Waals surface area contributed by atoms with Gasteiger partial charge in [0.25, 0.3) is 0 Å². The Morgan fingerprint density at radius 3 is 2.45 bits per heavy atom. The third-order valence-electron chi connectivity index (χ3n) is 3.47. The summed E-state index contributed by atoms with van der Waals surface area (Å²) in [6.07, 6.45) is 0. The zero-order valence-corrected chi connectivity index (χ0v) is 12.1. The topological polar surface area (TPSA) is 21.3 Å². The molecule has 0 fully saturated rings. The van der Waals surface area contributed by atoms with Gasteiger partial charge in [-0.1, -0.05) is 30.3 Å². The molecule has 0 aromatic heterocycles. The number of hydrogen-bond donors (Lipinski definition) is 1. The lowest BCUT2D eigenvalue weighted by molar-refractivity contribution is 0.412. The minimum absolute atomic E-state index is 0.0580. The fourth-order valence-corrected chi connectivity index (χ4v) is 2.30. The molecule has 2 nitrogen and oxygen atoms in total. The minimum Gasteiger partial charge on any atom is -0.497 e. The summed E-state index contributed by atoms with van der Waals surface area (Å²) in [4.78, 5) is 0. The van der Waals surface area contributed by atoms with Crippen LogP contribution in [0.4, 0.5) is 4.39 Å². The van der Waals surface area contributed by atoms with Crippen LogP contribution < -0.4 is 10.1 Å². The second kappa shape index (κ2) is 6.53. The molecule has 0 saturated carbocycles. The largest absolute Gasteiger partial charge is 0.497 e. The van der Waals surface area contributed by atoms with E-state index in [0.717, 1.165) is 11.3 Å². The van der Waals surface area contributed by atoms with Crippen LogP contribution in [0.1, 0.15) is 37.1 Å². The molecule has 0 heterocycles. The van der Waals surface area contributed by atoms with Crippen LogP contribution in [-0.4, -0.2) is 7.11 Å². The maximum Gasteiger partial charge on any atom is 0.127 e. The first-order chi connectivity index (χ1) is 9.61. The predicted molar refractivity (Wildman–Crippen MR) is 79.4 cm³/mol. The summed E-state index contributed by atoms with van der Waals surface area (Å²) in [6.45, 7) is 4.03. The molecule has 106 valence electrons. The summed E-state index contributed by atoms with van der Waals surface area (Å²) in [5.41, 5.74) is 1.80. The molecule has 20 heavy (non-hydrogen) atoms. The average molecular weight is 273 g/mol. The highest BCUT2D eigenvalue weighted by molar-refractivity contribution is 5.30. The third kappa shape index (κ3) is 3.36. The summed E-state index contributed by atoms with van der Waals surface area (Å²) in [5.74, 6) is 0.653. The number of halogens is 1. The van der Waals surface area contributed by atoms with E-state index < -0.39 is 0 Å². The van der Waals surface area contributed by atoms with Crippen molar-refractivity contribution in [1.29, 1.82) is 0 Å². The van der Waals surface area contributed by atoms with E-state index in [0.29, 0.717) is 5.56 Å². The molecular formula is C17H20FNO. The van der Waals surface area contributed by atoms with Gasteiger partial charge >= 0.3 is 0 Å². The monoisotopic (exact) mass is 273 g/mol. The first-order valence-corrected chi connectivity index (χ1v) is 6.76. The summed E-state index contributed by atoms with van der Waals surface area (Å²) in [7, 11) is 1.65. The van der Waals surface area contributed by atoms with Crippen LogP contribution in [0.15, 0.2) is 48.5 Å². The number of ether oxygens (including phenoxy) is 1. The maximum atomic E-state index is 13.8. The molecule has 2 aromatic carbocycles. The molecule has 2 rings (SSSR count). The zero-order chi connectivity index (χ0) is 14.5. The third-order valence-corrected chi connectivity index (χ3v) is 3.47. The smallest absolute Gasteiger partial charge is 0.127 e. The lowest BCUT2D eigenvalue weighted by Crippen LogP contribution is -2.23. The van der Waals surface area contributed by atoms with Crippen molar-refractivity contribution in [3.05, 3.63) is 65.5 Å². The number of rotatable bonds is 5. The summed E-state index contributed by atoms with van der Waals surface area (Å²) >= 11 is 0. The zero-order valence-electron chi connectivity index (χ0n) is 12.1. The van der Waals surface area contributed by atoms with Crippen LogP contribution in [0.3, 0.4) is 0 Å². The Morgan fingerprint density at radius 2 is 1.75 bits per heavy atom. The van der Waals surface area contributed by atoms with Crippen molar-refractivity contribution in [2.75, 3.05) is 7.11 Å². The van der Waals surface area contributed by atoms with Gasteiger partial charge in [-0.05, 0) is 37.6 Å². The van der Waals surface area contributed by atoms with E-state index in [4.69, 9.17) is 4.74 Å². The van der Waals surface area contributed by atoms with Gasteiger partial charge in [0.05, 0.1) is 7.11 Å². The molecule has 2 aromatic rings. The molecule has 0 radical (unpaired) electrons. The van der Waals surface area contributed by atoms with E-state index in [2.05, 4.69) is 12.2 Å². The van der Waals surface area contributed by atoms with Gasteiger partial charge in [-0.3, -0.25) is 0 Å². The van der Waals surface area contributed by atoms with E-state index in [-0.39, 0.29) is 17.9 Å². The molecule has 1 unspecified atom stereocenters. The maximum absolute atomic E-state index is 13.8. The summed E-state index contributed by atoms with van der Waals surface area (Å²) in [6, 6.07) is 14.8. The number of methoxy groups -OCH3 is 1. The molecule has 0 saturated heterocycles.